The Kier molecular flexibility index (Phi) is 7.16. The van der Waals surface area contributed by atoms with Crippen LogP contribution in [0, 0.1) is 12.7 Å². The molecular formula is C29H28IrN4-2. The predicted octanol–water partition coefficient (Wildman–Crippen LogP) is 7.60. The fourth-order valence-corrected chi connectivity index (χ4v) is 4.38. The number of fused-ring (bicyclic) bond motifs is 1. The van der Waals surface area contributed by atoms with Gasteiger partial charge in [0, 0.05) is 31.4 Å². The van der Waals surface area contributed by atoms with Gasteiger partial charge in [0.1, 0.15) is 11.6 Å². The summed E-state index contributed by atoms with van der Waals surface area (Å²) < 4.78 is 0. The van der Waals surface area contributed by atoms with Crippen LogP contribution < -0.4 is 9.80 Å². The van der Waals surface area contributed by atoms with Gasteiger partial charge in [-0.15, -0.1) is 12.4 Å². The van der Waals surface area contributed by atoms with E-state index in [-0.39, 0.29) is 20.1 Å². The van der Waals surface area contributed by atoms with Gasteiger partial charge in [0.05, 0.1) is 11.9 Å². The minimum Gasteiger partial charge on any atom is -0.477 e. The molecule has 5 heteroatoms. The molecule has 0 fully saturated rings. The molecule has 0 amide bonds. The molecule has 3 aromatic carbocycles. The summed E-state index contributed by atoms with van der Waals surface area (Å²) in [6.45, 7) is 11.0. The van der Waals surface area contributed by atoms with Gasteiger partial charge in [-0.1, -0.05) is 64.1 Å². The Morgan fingerprint density at radius 1 is 0.765 bits per heavy atom. The molecule has 0 bridgehead atoms. The molecule has 1 aliphatic heterocycles. The van der Waals surface area contributed by atoms with E-state index in [4.69, 9.17) is 9.97 Å². The molecule has 0 spiro atoms. The molecule has 0 N–H and O–H groups in total. The van der Waals surface area contributed by atoms with E-state index in [1.165, 1.54) is 16.7 Å². The van der Waals surface area contributed by atoms with Crippen molar-refractivity contribution in [3.63, 3.8) is 0 Å². The van der Waals surface area contributed by atoms with Gasteiger partial charge in [0.25, 0.3) is 0 Å². The SMILES string of the molecule is CC(C)c1cccc(C(C)C)c1-c1cnc2c(n1)N(c1[c-]cccc1)[CH-]N2c1ccccc1.[Ir]. The first kappa shape index (κ1) is 24.1. The second-order valence-corrected chi connectivity index (χ2v) is 8.96. The van der Waals surface area contributed by atoms with Crippen LogP contribution in [0.1, 0.15) is 50.7 Å². The summed E-state index contributed by atoms with van der Waals surface area (Å²) in [7, 11) is 0. The maximum absolute atomic E-state index is 5.21. The Morgan fingerprint density at radius 2 is 1.44 bits per heavy atom. The number of anilines is 4. The van der Waals surface area contributed by atoms with E-state index in [1.54, 1.807) is 0 Å². The smallest absolute Gasteiger partial charge is 0.145 e. The number of nitrogens with zero attached hydrogens (tertiary/aromatic N) is 4. The van der Waals surface area contributed by atoms with E-state index >= 15 is 0 Å². The summed E-state index contributed by atoms with van der Waals surface area (Å²) in [4.78, 5) is 14.3. The van der Waals surface area contributed by atoms with Crippen molar-refractivity contribution in [3.05, 3.63) is 103 Å². The van der Waals surface area contributed by atoms with Gasteiger partial charge in [-0.25, -0.2) is 9.97 Å². The molecule has 175 valence electrons. The van der Waals surface area contributed by atoms with Crippen molar-refractivity contribution in [2.24, 2.45) is 0 Å². The summed E-state index contributed by atoms with van der Waals surface area (Å²) in [6, 6.07) is 28.2. The van der Waals surface area contributed by atoms with E-state index in [9.17, 15) is 0 Å². The van der Waals surface area contributed by atoms with Crippen LogP contribution in [-0.4, -0.2) is 9.97 Å². The van der Waals surface area contributed by atoms with Gasteiger partial charge in [-0.2, -0.15) is 30.3 Å². The van der Waals surface area contributed by atoms with Crippen molar-refractivity contribution < 1.29 is 20.1 Å². The topological polar surface area (TPSA) is 32.3 Å². The Bertz CT molecular complexity index is 1230. The fourth-order valence-electron chi connectivity index (χ4n) is 4.38. The van der Waals surface area contributed by atoms with E-state index in [0.717, 1.165) is 28.7 Å². The standard InChI is InChI=1S/C29H28N4.Ir/c1-20(2)24-16-11-17-25(21(3)4)27(24)26-18-30-28-29(31-26)33(23-14-9-6-10-15-23)19-32(28)22-12-7-5-8-13-22;/h5-14,16-21H,1-4H3;/q-2;. The van der Waals surface area contributed by atoms with Gasteiger partial charge in [0.15, 0.2) is 0 Å². The molecule has 0 saturated carbocycles. The zero-order valence-corrected chi connectivity index (χ0v) is 22.3. The van der Waals surface area contributed by atoms with Gasteiger partial charge in [0.2, 0.25) is 0 Å². The van der Waals surface area contributed by atoms with E-state index < -0.39 is 0 Å². The maximum Gasteiger partial charge on any atom is 0.145 e. The average Bonchev–Trinajstić information content (AvgIpc) is 3.23. The second-order valence-electron chi connectivity index (χ2n) is 8.96. The third-order valence-electron chi connectivity index (χ3n) is 6.04. The van der Waals surface area contributed by atoms with Crippen molar-refractivity contribution in [2.45, 2.75) is 39.5 Å². The summed E-state index contributed by atoms with van der Waals surface area (Å²) in [5.41, 5.74) is 6.69. The Morgan fingerprint density at radius 3 is 2.06 bits per heavy atom. The van der Waals surface area contributed by atoms with Crippen LogP contribution in [0.25, 0.3) is 11.3 Å². The molecule has 1 radical (unpaired) electrons. The number of aromatic nitrogens is 2. The van der Waals surface area contributed by atoms with Crippen LogP contribution >= 0.6 is 0 Å². The number of hydrogen-bond acceptors (Lipinski definition) is 4. The van der Waals surface area contributed by atoms with Crippen molar-refractivity contribution in [2.75, 3.05) is 9.80 Å². The number of para-hydroxylation sites is 2. The van der Waals surface area contributed by atoms with Crippen LogP contribution in [-0.2, 0) is 20.1 Å². The normalized spacial score (nSPS) is 12.8. The minimum absolute atomic E-state index is 0. The fraction of sp³-hybridized carbons (Fsp3) is 0.207. The molecule has 4 nitrogen and oxygen atoms in total. The van der Waals surface area contributed by atoms with E-state index in [1.807, 2.05) is 55.3 Å². The zero-order valence-electron chi connectivity index (χ0n) is 19.9. The van der Waals surface area contributed by atoms with Gasteiger partial charge >= 0.3 is 0 Å². The molecule has 0 saturated heterocycles. The summed E-state index contributed by atoms with van der Waals surface area (Å²) in [6.07, 6.45) is 1.92. The van der Waals surface area contributed by atoms with Gasteiger partial charge in [-0.3, -0.25) is 0 Å². The molecule has 0 unspecified atom stereocenters. The van der Waals surface area contributed by atoms with Crippen molar-refractivity contribution in [1.29, 1.82) is 0 Å². The van der Waals surface area contributed by atoms with Gasteiger partial charge in [-0.05, 0) is 35.1 Å². The molecule has 1 aromatic heterocycles. The van der Waals surface area contributed by atoms with Crippen LogP contribution in [0.3, 0.4) is 0 Å². The maximum atomic E-state index is 5.21. The monoisotopic (exact) mass is 625 g/mol. The summed E-state index contributed by atoms with van der Waals surface area (Å²) in [5.74, 6) is 2.40. The Balaban J connectivity index is 0.00000274. The average molecular weight is 625 g/mol. The van der Waals surface area contributed by atoms with Crippen LogP contribution in [0.5, 0.6) is 0 Å². The third-order valence-corrected chi connectivity index (χ3v) is 6.04. The molecule has 34 heavy (non-hydrogen) atoms. The molecular weight excluding hydrogens is 597 g/mol. The predicted molar refractivity (Wildman–Crippen MR) is 136 cm³/mol. The summed E-state index contributed by atoms with van der Waals surface area (Å²) >= 11 is 0. The largest absolute Gasteiger partial charge is 0.477 e. The minimum atomic E-state index is 0. The summed E-state index contributed by atoms with van der Waals surface area (Å²) in [5, 5.41) is 0. The number of benzene rings is 3. The molecule has 0 atom stereocenters. The van der Waals surface area contributed by atoms with Crippen molar-refractivity contribution >= 4 is 23.0 Å². The Labute approximate surface area is 216 Å². The van der Waals surface area contributed by atoms with Crippen LogP contribution in [0.4, 0.5) is 23.0 Å². The first-order valence-electron chi connectivity index (χ1n) is 11.5. The third kappa shape index (κ3) is 4.38. The molecule has 1 aliphatic rings. The quantitative estimate of drug-likeness (QED) is 0.214. The van der Waals surface area contributed by atoms with Crippen molar-refractivity contribution in [3.8, 4) is 11.3 Å². The first-order valence-corrected chi connectivity index (χ1v) is 11.5. The van der Waals surface area contributed by atoms with Crippen LogP contribution in [0.15, 0.2) is 79.0 Å². The molecule has 4 aromatic rings. The first-order chi connectivity index (χ1) is 16.0. The second kappa shape index (κ2) is 10.1. The molecule has 0 aliphatic carbocycles. The molecule has 2 heterocycles. The molecule has 5 rings (SSSR count). The Hall–Kier alpha value is -3.01. The van der Waals surface area contributed by atoms with E-state index in [0.29, 0.717) is 11.8 Å². The number of hydrogen-bond donors (Lipinski definition) is 0. The van der Waals surface area contributed by atoms with Gasteiger partial charge < -0.3 is 9.80 Å². The van der Waals surface area contributed by atoms with E-state index in [2.05, 4.69) is 73.9 Å². The zero-order chi connectivity index (χ0) is 22.9. The van der Waals surface area contributed by atoms with Crippen molar-refractivity contribution in [1.82, 2.24) is 9.97 Å². The number of rotatable bonds is 5. The van der Waals surface area contributed by atoms with Crippen LogP contribution in [0.2, 0.25) is 0 Å².